The van der Waals surface area contributed by atoms with Gasteiger partial charge in [-0.15, -0.1) is 12.4 Å². The molecule has 92 valence electrons. The first kappa shape index (κ1) is 12.5. The van der Waals surface area contributed by atoms with Crippen LogP contribution in [0.4, 0.5) is 0 Å². The first-order valence-corrected chi connectivity index (χ1v) is 6.03. The Morgan fingerprint density at radius 1 is 1.29 bits per heavy atom. The number of nitrogens with one attached hydrogen (secondary N) is 1. The summed E-state index contributed by atoms with van der Waals surface area (Å²) in [5.41, 5.74) is 2.48. The lowest BCUT2D eigenvalue weighted by Gasteiger charge is -2.30. The summed E-state index contributed by atoms with van der Waals surface area (Å²) in [6.45, 7) is 4.58. The molecule has 1 N–H and O–H groups in total. The third kappa shape index (κ3) is 2.20. The molecule has 2 atom stereocenters. The monoisotopic (exact) mass is 251 g/mol. The Labute approximate surface area is 108 Å². The maximum atomic E-state index is 5.47. The van der Waals surface area contributed by atoms with Crippen molar-refractivity contribution in [3.8, 4) is 0 Å². The number of rotatable bonds is 1. The van der Waals surface area contributed by atoms with Crippen LogP contribution in [-0.4, -0.2) is 13.1 Å². The second kappa shape index (κ2) is 5.11. The van der Waals surface area contributed by atoms with Gasteiger partial charge in [0.05, 0.1) is 6.26 Å². The Morgan fingerprint density at radius 3 is 3.00 bits per heavy atom. The minimum Gasteiger partial charge on any atom is -0.464 e. The van der Waals surface area contributed by atoms with Crippen molar-refractivity contribution in [2.75, 3.05) is 13.1 Å². The number of hydrogen-bond acceptors (Lipinski definition) is 2. The molecule has 0 aliphatic carbocycles. The van der Waals surface area contributed by atoms with Crippen LogP contribution in [0.2, 0.25) is 0 Å². The summed E-state index contributed by atoms with van der Waals surface area (Å²) >= 11 is 0. The van der Waals surface area contributed by atoms with Crippen molar-refractivity contribution in [1.82, 2.24) is 5.32 Å². The van der Waals surface area contributed by atoms with Crippen LogP contribution in [0.15, 0.2) is 34.9 Å². The largest absolute Gasteiger partial charge is 0.464 e. The normalized spacial score (nSPS) is 24.5. The molecule has 1 aliphatic rings. The summed E-state index contributed by atoms with van der Waals surface area (Å²) in [6.07, 6.45) is 3.02. The Kier molecular flexibility index (Phi) is 3.75. The Balaban J connectivity index is 0.00000108. The van der Waals surface area contributed by atoms with Crippen LogP contribution >= 0.6 is 12.4 Å². The van der Waals surface area contributed by atoms with Gasteiger partial charge in [0.1, 0.15) is 5.58 Å². The quantitative estimate of drug-likeness (QED) is 0.838. The van der Waals surface area contributed by atoms with E-state index >= 15 is 0 Å². The summed E-state index contributed by atoms with van der Waals surface area (Å²) in [7, 11) is 0. The highest BCUT2D eigenvalue weighted by Gasteiger charge is 2.24. The van der Waals surface area contributed by atoms with Crippen LogP contribution in [0.3, 0.4) is 0 Å². The third-order valence-electron chi connectivity index (χ3n) is 3.71. The molecule has 17 heavy (non-hydrogen) atoms. The van der Waals surface area contributed by atoms with Gasteiger partial charge in [-0.05, 0) is 49.0 Å². The van der Waals surface area contributed by atoms with Gasteiger partial charge in [0.2, 0.25) is 0 Å². The number of fused-ring (bicyclic) bond motifs is 1. The number of hydrogen-bond donors (Lipinski definition) is 1. The van der Waals surface area contributed by atoms with Gasteiger partial charge in [0, 0.05) is 5.39 Å². The van der Waals surface area contributed by atoms with Crippen LogP contribution in [0.1, 0.15) is 24.8 Å². The molecule has 0 unspecified atom stereocenters. The first-order valence-electron chi connectivity index (χ1n) is 6.03. The topological polar surface area (TPSA) is 25.2 Å². The van der Waals surface area contributed by atoms with Crippen molar-refractivity contribution >= 4 is 23.4 Å². The van der Waals surface area contributed by atoms with Crippen molar-refractivity contribution in [2.24, 2.45) is 5.92 Å². The standard InChI is InChI=1S/C14H17NO.ClH/c1-10-9-15-7-5-11(10)12-3-2-4-14-13(12)6-8-16-14;/h2-4,6,8,10-11,15H,5,7,9H2,1H3;1H/t10-,11+;/m1./s1. The van der Waals surface area contributed by atoms with Crippen molar-refractivity contribution in [3.63, 3.8) is 0 Å². The fraction of sp³-hybridized carbons (Fsp3) is 0.429. The molecule has 1 aliphatic heterocycles. The molecular formula is C14H18ClNO. The zero-order chi connectivity index (χ0) is 11.0. The van der Waals surface area contributed by atoms with E-state index in [1.54, 1.807) is 6.26 Å². The Morgan fingerprint density at radius 2 is 2.18 bits per heavy atom. The fourth-order valence-corrected chi connectivity index (χ4v) is 2.82. The second-order valence-corrected chi connectivity index (χ2v) is 4.76. The first-order chi connectivity index (χ1) is 7.86. The van der Waals surface area contributed by atoms with E-state index in [1.807, 2.05) is 6.07 Å². The molecule has 3 rings (SSSR count). The average Bonchev–Trinajstić information content (AvgIpc) is 2.77. The third-order valence-corrected chi connectivity index (χ3v) is 3.71. The maximum Gasteiger partial charge on any atom is 0.134 e. The summed E-state index contributed by atoms with van der Waals surface area (Å²) in [6, 6.07) is 8.50. The SMILES string of the molecule is C[C@@H]1CNCC[C@@H]1c1cccc2occc12.Cl. The molecule has 1 fully saturated rings. The minimum atomic E-state index is 0. The van der Waals surface area contributed by atoms with Gasteiger partial charge in [0.15, 0.2) is 0 Å². The summed E-state index contributed by atoms with van der Waals surface area (Å²) in [5, 5.41) is 4.75. The van der Waals surface area contributed by atoms with Gasteiger partial charge in [-0.2, -0.15) is 0 Å². The zero-order valence-corrected chi connectivity index (χ0v) is 10.8. The number of furan rings is 1. The van der Waals surface area contributed by atoms with Gasteiger partial charge in [-0.3, -0.25) is 0 Å². The maximum absolute atomic E-state index is 5.47. The Bertz CT molecular complexity index is 494. The van der Waals surface area contributed by atoms with E-state index in [2.05, 4.69) is 30.4 Å². The van der Waals surface area contributed by atoms with E-state index in [-0.39, 0.29) is 12.4 Å². The smallest absolute Gasteiger partial charge is 0.134 e. The van der Waals surface area contributed by atoms with E-state index in [1.165, 1.54) is 17.4 Å². The summed E-state index contributed by atoms with van der Waals surface area (Å²) in [4.78, 5) is 0. The number of piperidine rings is 1. The zero-order valence-electron chi connectivity index (χ0n) is 9.98. The minimum absolute atomic E-state index is 0. The number of halogens is 1. The van der Waals surface area contributed by atoms with Crippen LogP contribution in [-0.2, 0) is 0 Å². The highest BCUT2D eigenvalue weighted by atomic mass is 35.5. The van der Waals surface area contributed by atoms with E-state index in [9.17, 15) is 0 Å². The summed E-state index contributed by atoms with van der Waals surface area (Å²) in [5.74, 6) is 1.37. The molecule has 3 heteroatoms. The van der Waals surface area contributed by atoms with Crippen LogP contribution in [0, 0.1) is 5.92 Å². The van der Waals surface area contributed by atoms with Crippen molar-refractivity contribution in [2.45, 2.75) is 19.3 Å². The molecule has 2 heterocycles. The van der Waals surface area contributed by atoms with E-state index in [0.717, 1.165) is 18.7 Å². The van der Waals surface area contributed by atoms with Crippen LogP contribution in [0.25, 0.3) is 11.0 Å². The highest BCUT2D eigenvalue weighted by Crippen LogP contribution is 2.34. The molecule has 2 nitrogen and oxygen atoms in total. The summed E-state index contributed by atoms with van der Waals surface area (Å²) < 4.78 is 5.47. The van der Waals surface area contributed by atoms with Gasteiger partial charge in [0.25, 0.3) is 0 Å². The van der Waals surface area contributed by atoms with Crippen LogP contribution < -0.4 is 5.32 Å². The molecule has 0 bridgehead atoms. The predicted octanol–water partition coefficient (Wildman–Crippen LogP) is 3.57. The van der Waals surface area contributed by atoms with Gasteiger partial charge >= 0.3 is 0 Å². The van der Waals surface area contributed by atoms with E-state index in [0.29, 0.717) is 11.8 Å². The van der Waals surface area contributed by atoms with Crippen molar-refractivity contribution in [1.29, 1.82) is 0 Å². The lowest BCUT2D eigenvalue weighted by molar-refractivity contribution is 0.351. The van der Waals surface area contributed by atoms with Crippen molar-refractivity contribution in [3.05, 3.63) is 36.1 Å². The van der Waals surface area contributed by atoms with Crippen LogP contribution in [0.5, 0.6) is 0 Å². The Hall–Kier alpha value is -0.990. The molecule has 0 radical (unpaired) electrons. The predicted molar refractivity (Wildman–Crippen MR) is 72.9 cm³/mol. The average molecular weight is 252 g/mol. The number of benzene rings is 1. The molecule has 2 aromatic rings. The highest BCUT2D eigenvalue weighted by molar-refractivity contribution is 5.85. The molecule has 0 spiro atoms. The van der Waals surface area contributed by atoms with Gasteiger partial charge < -0.3 is 9.73 Å². The second-order valence-electron chi connectivity index (χ2n) is 4.76. The molecule has 0 amide bonds. The van der Waals surface area contributed by atoms with E-state index in [4.69, 9.17) is 4.42 Å². The molecule has 1 saturated heterocycles. The molecule has 1 aromatic carbocycles. The van der Waals surface area contributed by atoms with Crippen molar-refractivity contribution < 1.29 is 4.42 Å². The van der Waals surface area contributed by atoms with E-state index < -0.39 is 0 Å². The fourth-order valence-electron chi connectivity index (χ4n) is 2.82. The van der Waals surface area contributed by atoms with Gasteiger partial charge in [-0.25, -0.2) is 0 Å². The molecular weight excluding hydrogens is 234 g/mol. The molecule has 1 aromatic heterocycles. The molecule has 0 saturated carbocycles. The van der Waals surface area contributed by atoms with Gasteiger partial charge in [-0.1, -0.05) is 19.1 Å². The lowest BCUT2D eigenvalue weighted by Crippen LogP contribution is -2.33. The lowest BCUT2D eigenvalue weighted by atomic mass is 9.81.